The van der Waals surface area contributed by atoms with Crippen LogP contribution in [0.4, 0.5) is 0 Å². The fourth-order valence-corrected chi connectivity index (χ4v) is 4.77. The highest BCUT2D eigenvalue weighted by atomic mass is 32.2. The van der Waals surface area contributed by atoms with E-state index in [1.165, 1.54) is 11.1 Å². The number of carbonyl (C=O) groups is 1. The lowest BCUT2D eigenvalue weighted by Gasteiger charge is -2.24. The molecule has 154 valence electrons. The van der Waals surface area contributed by atoms with Crippen molar-refractivity contribution in [2.45, 2.75) is 56.6 Å². The molecule has 1 fully saturated rings. The van der Waals surface area contributed by atoms with Gasteiger partial charge in [-0.1, -0.05) is 53.7 Å². The third-order valence-corrected chi connectivity index (χ3v) is 5.89. The first-order chi connectivity index (χ1) is 13.9. The van der Waals surface area contributed by atoms with Gasteiger partial charge in [-0.25, -0.2) is 9.97 Å². The highest BCUT2D eigenvalue weighted by Crippen LogP contribution is 2.32. The molecular weight excluding hydrogens is 380 g/mol. The van der Waals surface area contributed by atoms with Crippen LogP contribution in [0, 0.1) is 6.92 Å². The highest BCUT2D eigenvalue weighted by molar-refractivity contribution is 7.99. The van der Waals surface area contributed by atoms with E-state index in [-0.39, 0.29) is 18.0 Å². The van der Waals surface area contributed by atoms with Crippen LogP contribution in [0.15, 0.2) is 53.3 Å². The Labute approximate surface area is 178 Å². The van der Waals surface area contributed by atoms with E-state index < -0.39 is 0 Å². The second-order valence-corrected chi connectivity index (χ2v) is 9.23. The van der Waals surface area contributed by atoms with Crippen LogP contribution in [0.5, 0.6) is 0 Å². The maximum Gasteiger partial charge on any atom is 0.237 e. The van der Waals surface area contributed by atoms with Gasteiger partial charge in [0.2, 0.25) is 5.91 Å². The predicted molar refractivity (Wildman–Crippen MR) is 120 cm³/mol. The number of aromatic nitrogens is 2. The molecule has 1 amide bonds. The third kappa shape index (κ3) is 6.41. The number of thioether (sulfide) groups is 1. The standard InChI is InChI=1S/C23H30N4OS/c1-16(2)25-22(28)21-13-20(29-23-24-11-10-18(4)26-23)15-27(21)14-17(3)12-19-8-6-5-7-9-19/h5-12,16,20-21H,13-15H2,1-4H3,(H,25,28)/b17-12+/t20-,21-/m0/s1. The van der Waals surface area contributed by atoms with Crippen LogP contribution in [-0.4, -0.2) is 51.2 Å². The largest absolute Gasteiger partial charge is 0.353 e. The number of nitrogens with one attached hydrogen (secondary N) is 1. The second kappa shape index (κ2) is 10.0. The quantitative estimate of drug-likeness (QED) is 0.701. The number of rotatable bonds is 7. The fourth-order valence-electron chi connectivity index (χ4n) is 3.61. The highest BCUT2D eigenvalue weighted by Gasteiger charge is 2.37. The van der Waals surface area contributed by atoms with Crippen LogP contribution in [0.25, 0.3) is 6.08 Å². The number of nitrogens with zero attached hydrogens (tertiary/aromatic N) is 3. The molecule has 0 aliphatic carbocycles. The van der Waals surface area contributed by atoms with Crippen LogP contribution >= 0.6 is 11.8 Å². The smallest absolute Gasteiger partial charge is 0.237 e. The minimum Gasteiger partial charge on any atom is -0.353 e. The summed E-state index contributed by atoms with van der Waals surface area (Å²) >= 11 is 1.68. The van der Waals surface area contributed by atoms with E-state index in [9.17, 15) is 4.79 Å². The molecule has 0 radical (unpaired) electrons. The SMILES string of the molecule is C/C(=C\c1ccccc1)CN1C[C@@H](Sc2nccc(C)n2)C[C@H]1C(=O)NC(C)C. The van der Waals surface area contributed by atoms with Gasteiger partial charge in [0, 0.05) is 36.3 Å². The van der Waals surface area contributed by atoms with Gasteiger partial charge >= 0.3 is 0 Å². The maximum atomic E-state index is 12.8. The van der Waals surface area contributed by atoms with Gasteiger partial charge in [-0.2, -0.15) is 0 Å². The first-order valence-electron chi connectivity index (χ1n) is 10.1. The summed E-state index contributed by atoms with van der Waals surface area (Å²) < 4.78 is 0. The summed E-state index contributed by atoms with van der Waals surface area (Å²) in [6.07, 6.45) is 4.80. The van der Waals surface area contributed by atoms with E-state index in [1.807, 2.05) is 45.0 Å². The summed E-state index contributed by atoms with van der Waals surface area (Å²) in [5, 5.41) is 4.17. The summed E-state index contributed by atoms with van der Waals surface area (Å²) in [7, 11) is 0. The van der Waals surface area contributed by atoms with Crippen LogP contribution in [0.2, 0.25) is 0 Å². The molecule has 0 spiro atoms. The molecular formula is C23H30N4OS. The summed E-state index contributed by atoms with van der Waals surface area (Å²) in [6.45, 7) is 9.74. The Kier molecular flexibility index (Phi) is 7.45. The average Bonchev–Trinajstić information content (AvgIpc) is 3.04. The lowest BCUT2D eigenvalue weighted by Crippen LogP contribution is -2.45. The zero-order valence-corrected chi connectivity index (χ0v) is 18.4. The first kappa shape index (κ1) is 21.5. The molecule has 6 heteroatoms. The fraction of sp³-hybridized carbons (Fsp3) is 0.435. The summed E-state index contributed by atoms with van der Waals surface area (Å²) in [5.41, 5.74) is 3.40. The topological polar surface area (TPSA) is 58.1 Å². The van der Waals surface area contributed by atoms with E-state index >= 15 is 0 Å². The Hall–Kier alpha value is -2.18. The van der Waals surface area contributed by atoms with Gasteiger partial charge in [0.15, 0.2) is 5.16 Å². The van der Waals surface area contributed by atoms with Crippen molar-refractivity contribution in [3.8, 4) is 0 Å². The molecule has 2 heterocycles. The summed E-state index contributed by atoms with van der Waals surface area (Å²) in [4.78, 5) is 24.0. The second-order valence-electron chi connectivity index (χ2n) is 7.97. The number of hydrogen-bond acceptors (Lipinski definition) is 5. The van der Waals surface area contributed by atoms with E-state index in [0.29, 0.717) is 5.25 Å². The maximum absolute atomic E-state index is 12.8. The number of hydrogen-bond donors (Lipinski definition) is 1. The Morgan fingerprint density at radius 1 is 1.31 bits per heavy atom. The van der Waals surface area contributed by atoms with Crippen molar-refractivity contribution in [1.82, 2.24) is 20.2 Å². The number of aryl methyl sites for hydroxylation is 1. The van der Waals surface area contributed by atoms with E-state index in [1.54, 1.807) is 18.0 Å². The molecule has 1 N–H and O–H groups in total. The molecule has 1 aliphatic rings. The number of carbonyl (C=O) groups excluding carboxylic acids is 1. The molecule has 1 aromatic carbocycles. The van der Waals surface area contributed by atoms with Gasteiger partial charge in [-0.15, -0.1) is 0 Å². The lowest BCUT2D eigenvalue weighted by molar-refractivity contribution is -0.125. The van der Waals surface area contributed by atoms with Gasteiger partial charge in [-0.3, -0.25) is 9.69 Å². The predicted octanol–water partition coefficient (Wildman–Crippen LogP) is 3.95. The van der Waals surface area contributed by atoms with Crippen molar-refractivity contribution in [2.24, 2.45) is 0 Å². The van der Waals surface area contributed by atoms with Crippen LogP contribution < -0.4 is 5.32 Å². The molecule has 0 bridgehead atoms. The van der Waals surface area contributed by atoms with Gasteiger partial charge < -0.3 is 5.32 Å². The van der Waals surface area contributed by atoms with Gasteiger partial charge in [0.25, 0.3) is 0 Å². The van der Waals surface area contributed by atoms with Crippen molar-refractivity contribution < 1.29 is 4.79 Å². The average molecular weight is 411 g/mol. The van der Waals surface area contributed by atoms with Gasteiger partial charge in [-0.05, 0) is 45.7 Å². The molecule has 0 unspecified atom stereocenters. The minimum atomic E-state index is -0.126. The summed E-state index contributed by atoms with van der Waals surface area (Å²) in [6, 6.07) is 12.2. The molecule has 1 aromatic heterocycles. The Morgan fingerprint density at radius 3 is 2.76 bits per heavy atom. The van der Waals surface area contributed by atoms with Crippen molar-refractivity contribution in [3.63, 3.8) is 0 Å². The molecule has 29 heavy (non-hydrogen) atoms. The number of benzene rings is 1. The monoisotopic (exact) mass is 410 g/mol. The lowest BCUT2D eigenvalue weighted by atomic mass is 10.1. The van der Waals surface area contributed by atoms with Crippen molar-refractivity contribution in [1.29, 1.82) is 0 Å². The zero-order valence-electron chi connectivity index (χ0n) is 17.6. The zero-order chi connectivity index (χ0) is 20.8. The van der Waals surface area contributed by atoms with Crippen LogP contribution in [0.1, 0.15) is 38.4 Å². The van der Waals surface area contributed by atoms with E-state index in [4.69, 9.17) is 0 Å². The minimum absolute atomic E-state index is 0.112. The normalized spacial score (nSPS) is 20.2. The Balaban J connectivity index is 1.72. The van der Waals surface area contributed by atoms with Crippen molar-refractivity contribution >= 4 is 23.7 Å². The van der Waals surface area contributed by atoms with E-state index in [0.717, 1.165) is 30.4 Å². The summed E-state index contributed by atoms with van der Waals surface area (Å²) in [5.74, 6) is 0.112. The number of amides is 1. The Bertz CT molecular complexity index is 853. The molecule has 2 aromatic rings. The molecule has 1 aliphatic heterocycles. The molecule has 5 nitrogen and oxygen atoms in total. The third-order valence-electron chi connectivity index (χ3n) is 4.81. The van der Waals surface area contributed by atoms with Crippen molar-refractivity contribution in [3.05, 3.63) is 59.4 Å². The number of likely N-dealkylation sites (tertiary alicyclic amines) is 1. The van der Waals surface area contributed by atoms with E-state index in [2.05, 4.69) is 45.3 Å². The van der Waals surface area contributed by atoms with Crippen LogP contribution in [0.3, 0.4) is 0 Å². The molecule has 1 saturated heterocycles. The molecule has 2 atom stereocenters. The van der Waals surface area contributed by atoms with Gasteiger partial charge in [0.1, 0.15) is 0 Å². The molecule has 3 rings (SSSR count). The van der Waals surface area contributed by atoms with Crippen molar-refractivity contribution in [2.75, 3.05) is 13.1 Å². The van der Waals surface area contributed by atoms with Crippen LogP contribution in [-0.2, 0) is 4.79 Å². The Morgan fingerprint density at radius 2 is 2.07 bits per heavy atom. The van der Waals surface area contributed by atoms with Gasteiger partial charge in [0.05, 0.1) is 6.04 Å². The molecule has 0 saturated carbocycles. The first-order valence-corrected chi connectivity index (χ1v) is 11.0.